The van der Waals surface area contributed by atoms with E-state index < -0.39 is 23.8 Å². The first-order valence-corrected chi connectivity index (χ1v) is 13.0. The van der Waals surface area contributed by atoms with Crippen LogP contribution >= 0.6 is 7.14 Å². The van der Waals surface area contributed by atoms with Crippen LogP contribution in [0, 0.1) is 0 Å². The number of carbonyl (C=O) groups excluding carboxylic acids is 2. The molecule has 3 nitrogen and oxygen atoms in total. The summed E-state index contributed by atoms with van der Waals surface area (Å²) in [6, 6.07) is 11.5. The molecule has 0 radical (unpaired) electrons. The van der Waals surface area contributed by atoms with Gasteiger partial charge in [0.05, 0.1) is 0 Å². The molecule has 4 heteroatoms. The number of benzene rings is 2. The van der Waals surface area contributed by atoms with Crippen LogP contribution in [-0.2, 0) is 30.2 Å². The Balaban J connectivity index is 2.80. The van der Waals surface area contributed by atoms with Crippen LogP contribution in [-0.4, -0.2) is 16.7 Å². The average molecular weight is 427 g/mol. The summed E-state index contributed by atoms with van der Waals surface area (Å²) in [4.78, 5) is 27.9. The third-order valence-corrected chi connectivity index (χ3v) is 9.50. The molecule has 1 unspecified atom stereocenters. The molecule has 0 saturated carbocycles. The van der Waals surface area contributed by atoms with E-state index in [4.69, 9.17) is 0 Å². The molecule has 1 atom stereocenters. The molecule has 0 amide bonds. The highest BCUT2D eigenvalue weighted by Gasteiger charge is 2.46. The van der Waals surface area contributed by atoms with Crippen LogP contribution in [0.1, 0.15) is 90.9 Å². The molecule has 0 spiro atoms. The molecule has 2 rings (SSSR count). The van der Waals surface area contributed by atoms with Gasteiger partial charge in [-0.1, -0.05) is 77.9 Å². The largest absolute Gasteiger partial charge is 0.306 e. The maximum atomic E-state index is 14.5. The summed E-state index contributed by atoms with van der Waals surface area (Å²) in [6.07, 6.45) is 3.16. The van der Waals surface area contributed by atoms with Crippen LogP contribution in [0.4, 0.5) is 0 Å². The number of aryl methyl sites for hydroxylation is 4. The molecule has 0 heterocycles. The zero-order valence-corrected chi connectivity index (χ0v) is 20.1. The Morgan fingerprint density at radius 2 is 1.00 bits per heavy atom. The van der Waals surface area contributed by atoms with Gasteiger partial charge in [-0.25, -0.2) is 0 Å². The van der Waals surface area contributed by atoms with E-state index in [1.54, 1.807) is 6.92 Å². The lowest BCUT2D eigenvalue weighted by Gasteiger charge is -2.25. The van der Waals surface area contributed by atoms with Crippen molar-refractivity contribution in [1.82, 2.24) is 0 Å². The lowest BCUT2D eigenvalue weighted by molar-refractivity contribution is 0.103. The number of hydrogen-bond donors (Lipinski definition) is 0. The van der Waals surface area contributed by atoms with Gasteiger partial charge in [0.25, 0.3) is 0 Å². The zero-order chi connectivity index (χ0) is 22.5. The van der Waals surface area contributed by atoms with Gasteiger partial charge in [0.2, 0.25) is 18.2 Å². The molecular formula is C26H35O3P. The first-order chi connectivity index (χ1) is 14.3. The third-order valence-electron chi connectivity index (χ3n) is 6.24. The van der Waals surface area contributed by atoms with E-state index in [2.05, 4.69) is 0 Å². The number of carbonyl (C=O) groups is 2. The van der Waals surface area contributed by atoms with Crippen LogP contribution in [0.25, 0.3) is 0 Å². The zero-order valence-electron chi connectivity index (χ0n) is 19.2. The monoisotopic (exact) mass is 426 g/mol. The fraction of sp³-hybridized carbons (Fsp3) is 0.462. The predicted molar refractivity (Wildman–Crippen MR) is 126 cm³/mol. The van der Waals surface area contributed by atoms with Crippen molar-refractivity contribution in [3.05, 3.63) is 69.8 Å². The first-order valence-electron chi connectivity index (χ1n) is 11.2. The predicted octanol–water partition coefficient (Wildman–Crippen LogP) is 7.08. The van der Waals surface area contributed by atoms with E-state index in [1.807, 2.05) is 71.0 Å². The molecule has 0 saturated heterocycles. The van der Waals surface area contributed by atoms with E-state index in [0.717, 1.165) is 22.3 Å². The minimum absolute atomic E-state index is 0.455. The van der Waals surface area contributed by atoms with Crippen molar-refractivity contribution < 1.29 is 14.2 Å². The molecule has 0 fully saturated rings. The van der Waals surface area contributed by atoms with E-state index in [1.165, 1.54) is 0 Å². The minimum Gasteiger partial charge on any atom is -0.306 e. The second-order valence-electron chi connectivity index (χ2n) is 7.84. The molecule has 2 aromatic carbocycles. The van der Waals surface area contributed by atoms with E-state index >= 15 is 0 Å². The standard InChI is InChI=1S/C26H35O3P/c1-7-18(6)30(29,25(27)23-19(8-2)14-12-15-20(23)9-3)26(28)24-21(10-4)16-13-17-22(24)11-5/h12-18H,7-11H2,1-6H3. The van der Waals surface area contributed by atoms with Gasteiger partial charge < -0.3 is 4.57 Å². The van der Waals surface area contributed by atoms with Gasteiger partial charge in [-0.3, -0.25) is 9.59 Å². The summed E-state index contributed by atoms with van der Waals surface area (Å²) in [7, 11) is -3.87. The Kier molecular flexibility index (Phi) is 8.38. The van der Waals surface area contributed by atoms with E-state index in [9.17, 15) is 14.2 Å². The lowest BCUT2D eigenvalue weighted by Crippen LogP contribution is -2.23. The molecule has 2 aromatic rings. The van der Waals surface area contributed by atoms with Gasteiger partial charge in [0, 0.05) is 16.8 Å². The highest BCUT2D eigenvalue weighted by atomic mass is 31.2. The molecule has 0 aromatic heterocycles. The summed E-state index contributed by atoms with van der Waals surface area (Å²) in [5, 5.41) is 0. The van der Waals surface area contributed by atoms with E-state index in [-0.39, 0.29) is 0 Å². The second-order valence-corrected chi connectivity index (χ2v) is 10.9. The summed E-state index contributed by atoms with van der Waals surface area (Å²) >= 11 is 0. The fourth-order valence-corrected chi connectivity index (χ4v) is 6.85. The van der Waals surface area contributed by atoms with Crippen molar-refractivity contribution in [3.63, 3.8) is 0 Å². The molecular weight excluding hydrogens is 391 g/mol. The molecule has 0 aliphatic rings. The van der Waals surface area contributed by atoms with Crippen molar-refractivity contribution >= 4 is 18.2 Å². The average Bonchev–Trinajstić information content (AvgIpc) is 2.80. The highest BCUT2D eigenvalue weighted by molar-refractivity contribution is 7.95. The normalized spacial score (nSPS) is 12.6. The van der Waals surface area contributed by atoms with Gasteiger partial charge in [-0.05, 0) is 54.4 Å². The smallest absolute Gasteiger partial charge is 0.229 e. The number of rotatable bonds is 10. The van der Waals surface area contributed by atoms with Crippen molar-refractivity contribution in [2.24, 2.45) is 0 Å². The molecule has 0 N–H and O–H groups in total. The lowest BCUT2D eigenvalue weighted by atomic mass is 9.98. The Morgan fingerprint density at radius 3 is 1.23 bits per heavy atom. The van der Waals surface area contributed by atoms with Gasteiger partial charge in [-0.2, -0.15) is 0 Å². The maximum absolute atomic E-state index is 14.5. The Bertz CT molecular complexity index is 858. The van der Waals surface area contributed by atoms with Crippen LogP contribution in [0.15, 0.2) is 36.4 Å². The van der Waals surface area contributed by atoms with Crippen molar-refractivity contribution in [3.8, 4) is 0 Å². The first kappa shape index (κ1) is 24.3. The highest BCUT2D eigenvalue weighted by Crippen LogP contribution is 2.58. The number of hydrogen-bond acceptors (Lipinski definition) is 3. The third kappa shape index (κ3) is 4.23. The SMILES string of the molecule is CCc1cccc(CC)c1C(=O)P(=O)(C(=O)c1c(CC)cccc1CC)C(C)CC. The van der Waals surface area contributed by atoms with Crippen LogP contribution in [0.3, 0.4) is 0 Å². The van der Waals surface area contributed by atoms with Crippen LogP contribution < -0.4 is 0 Å². The maximum Gasteiger partial charge on any atom is 0.229 e. The molecule has 0 aliphatic carbocycles. The van der Waals surface area contributed by atoms with Crippen LogP contribution in [0.2, 0.25) is 0 Å². The molecule has 0 aliphatic heterocycles. The Hall–Kier alpha value is -1.99. The second kappa shape index (κ2) is 10.4. The topological polar surface area (TPSA) is 51.2 Å². The van der Waals surface area contributed by atoms with Gasteiger partial charge in [-0.15, -0.1) is 0 Å². The van der Waals surface area contributed by atoms with Crippen LogP contribution in [0.5, 0.6) is 0 Å². The van der Waals surface area contributed by atoms with Gasteiger partial charge >= 0.3 is 0 Å². The van der Waals surface area contributed by atoms with Gasteiger partial charge in [0.15, 0.2) is 0 Å². The van der Waals surface area contributed by atoms with E-state index in [0.29, 0.717) is 43.2 Å². The summed E-state index contributed by atoms with van der Waals surface area (Å²) in [6.45, 7) is 11.6. The summed E-state index contributed by atoms with van der Waals surface area (Å²) in [5.74, 6) is 0. The summed E-state index contributed by atoms with van der Waals surface area (Å²) in [5.41, 5.74) is 3.09. The van der Waals surface area contributed by atoms with Crippen molar-refractivity contribution in [2.75, 3.05) is 0 Å². The van der Waals surface area contributed by atoms with Gasteiger partial charge in [0.1, 0.15) is 0 Å². The molecule has 162 valence electrons. The Labute approximate surface area is 181 Å². The fourth-order valence-electron chi connectivity index (χ4n) is 4.12. The molecule has 0 bridgehead atoms. The summed E-state index contributed by atoms with van der Waals surface area (Å²) < 4.78 is 14.5. The quantitative estimate of drug-likeness (QED) is 0.382. The van der Waals surface area contributed by atoms with Crippen molar-refractivity contribution in [1.29, 1.82) is 0 Å². The Morgan fingerprint density at radius 1 is 0.700 bits per heavy atom. The van der Waals surface area contributed by atoms with Crippen molar-refractivity contribution in [2.45, 2.75) is 79.3 Å². The molecule has 30 heavy (non-hydrogen) atoms. The minimum atomic E-state index is -3.87.